The molecule has 5 nitrogen and oxygen atoms in total. The maximum absolute atomic E-state index is 9.84. The minimum atomic E-state index is -0.0298. The van der Waals surface area contributed by atoms with Gasteiger partial charge in [0.15, 0.2) is 5.69 Å². The third kappa shape index (κ3) is 7.74. The van der Waals surface area contributed by atoms with E-state index in [0.29, 0.717) is 11.3 Å². The number of nitriles is 1. The van der Waals surface area contributed by atoms with Crippen LogP contribution in [0.4, 0.5) is 22.7 Å². The maximum atomic E-state index is 9.84. The third-order valence-electron chi connectivity index (χ3n) is 13.1. The number of benzene rings is 7. The van der Waals surface area contributed by atoms with Crippen LogP contribution in [0, 0.1) is 17.9 Å². The van der Waals surface area contributed by atoms with Gasteiger partial charge in [-0.1, -0.05) is 119 Å². The van der Waals surface area contributed by atoms with Gasteiger partial charge in [-0.15, -0.1) is 0 Å². The molecule has 65 heavy (non-hydrogen) atoms. The average molecular weight is 850 g/mol. The molecule has 0 atom stereocenters. The van der Waals surface area contributed by atoms with Crippen molar-refractivity contribution in [2.24, 2.45) is 0 Å². The van der Waals surface area contributed by atoms with E-state index < -0.39 is 0 Å². The van der Waals surface area contributed by atoms with Crippen LogP contribution >= 0.6 is 0 Å². The number of hydrogen-bond acceptors (Lipinski definition) is 2. The normalized spacial score (nSPS) is 12.6. The van der Waals surface area contributed by atoms with E-state index in [0.717, 1.165) is 50.5 Å². The molecule has 0 unspecified atom stereocenters. The molecule has 0 aliphatic rings. The van der Waals surface area contributed by atoms with E-state index >= 15 is 0 Å². The molecule has 2 aromatic heterocycles. The Morgan fingerprint density at radius 3 is 1.03 bits per heavy atom. The predicted molar refractivity (Wildman–Crippen MR) is 276 cm³/mol. The van der Waals surface area contributed by atoms with Crippen molar-refractivity contribution in [2.45, 2.75) is 105 Å². The number of fused-ring (bicyclic) bond motifs is 6. The first kappa shape index (κ1) is 43.2. The van der Waals surface area contributed by atoms with Gasteiger partial charge in [0.25, 0.3) is 0 Å². The Balaban J connectivity index is 1.43. The summed E-state index contributed by atoms with van der Waals surface area (Å²) in [5.74, 6) is 0. The van der Waals surface area contributed by atoms with Crippen molar-refractivity contribution < 1.29 is 0 Å². The van der Waals surface area contributed by atoms with Gasteiger partial charge in [-0.2, -0.15) is 5.26 Å². The zero-order chi connectivity index (χ0) is 46.4. The van der Waals surface area contributed by atoms with Crippen LogP contribution in [0.1, 0.15) is 111 Å². The highest BCUT2D eigenvalue weighted by atomic mass is 15.1. The Bertz CT molecular complexity index is 3040. The lowest BCUT2D eigenvalue weighted by atomic mass is 9.85. The first-order valence-electron chi connectivity index (χ1n) is 22.8. The molecule has 0 saturated carbocycles. The molecular formula is C60H59N5. The van der Waals surface area contributed by atoms with E-state index in [9.17, 15) is 5.26 Å². The smallest absolute Gasteiger partial charge is 0.187 e. The molecule has 0 N–H and O–H groups in total. The fourth-order valence-corrected chi connectivity index (χ4v) is 9.24. The lowest BCUT2D eigenvalue weighted by Crippen LogP contribution is -2.12. The molecule has 5 heteroatoms. The van der Waals surface area contributed by atoms with Crippen molar-refractivity contribution in [3.8, 4) is 17.4 Å². The van der Waals surface area contributed by atoms with Gasteiger partial charge in [0.1, 0.15) is 0 Å². The lowest BCUT2D eigenvalue weighted by molar-refractivity contribution is 0.590. The van der Waals surface area contributed by atoms with Gasteiger partial charge in [-0.05, 0) is 147 Å². The van der Waals surface area contributed by atoms with Gasteiger partial charge < -0.3 is 14.0 Å². The van der Waals surface area contributed by atoms with Crippen LogP contribution in [-0.4, -0.2) is 9.13 Å². The summed E-state index contributed by atoms with van der Waals surface area (Å²) in [6.45, 7) is 35.2. The van der Waals surface area contributed by atoms with E-state index in [-0.39, 0.29) is 21.7 Å². The predicted octanol–water partition coefficient (Wildman–Crippen LogP) is 17.0. The Labute approximate surface area is 385 Å². The summed E-state index contributed by atoms with van der Waals surface area (Å²) in [5, 5.41) is 14.7. The van der Waals surface area contributed by atoms with Crippen molar-refractivity contribution >= 4 is 66.4 Å². The van der Waals surface area contributed by atoms with Crippen molar-refractivity contribution in [3.05, 3.63) is 179 Å². The van der Waals surface area contributed by atoms with E-state index in [1.807, 2.05) is 48.5 Å². The number of aromatic nitrogens is 2. The zero-order valence-electron chi connectivity index (χ0n) is 40.0. The van der Waals surface area contributed by atoms with Crippen LogP contribution in [0.25, 0.3) is 59.8 Å². The summed E-state index contributed by atoms with van der Waals surface area (Å²) in [6.07, 6.45) is 0. The molecule has 0 aliphatic heterocycles. The van der Waals surface area contributed by atoms with Crippen LogP contribution in [0.2, 0.25) is 0 Å². The summed E-state index contributed by atoms with van der Waals surface area (Å²) in [6, 6.07) is 52.8. The van der Waals surface area contributed by atoms with Gasteiger partial charge >= 0.3 is 0 Å². The third-order valence-corrected chi connectivity index (χ3v) is 13.1. The first-order chi connectivity index (χ1) is 30.6. The second kappa shape index (κ2) is 15.3. The summed E-state index contributed by atoms with van der Waals surface area (Å²) >= 11 is 0. The van der Waals surface area contributed by atoms with E-state index in [1.54, 1.807) is 0 Å². The van der Waals surface area contributed by atoms with Gasteiger partial charge in [0, 0.05) is 32.9 Å². The van der Waals surface area contributed by atoms with Gasteiger partial charge in [0.05, 0.1) is 57.3 Å². The highest BCUT2D eigenvalue weighted by molar-refractivity contribution is 6.11. The molecule has 0 amide bonds. The van der Waals surface area contributed by atoms with Crippen molar-refractivity contribution in [1.82, 2.24) is 9.13 Å². The minimum absolute atomic E-state index is 0.0298. The van der Waals surface area contributed by atoms with Gasteiger partial charge in [-0.25, -0.2) is 4.85 Å². The highest BCUT2D eigenvalue weighted by Crippen LogP contribution is 2.44. The zero-order valence-corrected chi connectivity index (χ0v) is 40.0. The Morgan fingerprint density at radius 1 is 0.415 bits per heavy atom. The topological polar surface area (TPSA) is 41.2 Å². The quantitative estimate of drug-likeness (QED) is 0.162. The summed E-state index contributed by atoms with van der Waals surface area (Å²) in [4.78, 5) is 5.97. The molecule has 9 rings (SSSR count). The molecular weight excluding hydrogens is 791 g/mol. The second-order valence-corrected chi connectivity index (χ2v) is 21.9. The number of nitrogens with zero attached hydrogens (tertiary/aromatic N) is 5. The number of hydrogen-bond donors (Lipinski definition) is 0. The van der Waals surface area contributed by atoms with Crippen LogP contribution in [0.3, 0.4) is 0 Å². The van der Waals surface area contributed by atoms with Crippen LogP contribution < -0.4 is 4.90 Å². The van der Waals surface area contributed by atoms with Crippen molar-refractivity contribution in [1.29, 1.82) is 5.26 Å². The van der Waals surface area contributed by atoms with Gasteiger partial charge in [0.2, 0.25) is 0 Å². The van der Waals surface area contributed by atoms with Gasteiger partial charge in [-0.3, -0.25) is 0 Å². The maximum Gasteiger partial charge on any atom is 0.187 e. The Hall–Kier alpha value is -7.08. The Kier molecular flexibility index (Phi) is 10.2. The van der Waals surface area contributed by atoms with Crippen molar-refractivity contribution in [2.75, 3.05) is 4.90 Å². The summed E-state index contributed by atoms with van der Waals surface area (Å²) in [7, 11) is 0. The highest BCUT2D eigenvalue weighted by Gasteiger charge is 2.25. The summed E-state index contributed by atoms with van der Waals surface area (Å²) < 4.78 is 4.89. The second-order valence-electron chi connectivity index (χ2n) is 21.9. The standard InChI is InChI=1S/C60H59N5/c1-57(2,3)39-16-26-53-49(30-39)50-31-40(58(4,5)6)17-27-54(50)64(53)47-34-46(63(44-22-14-38(37-61)15-23-44)45-24-20-43(62-13)21-25-45)35-48(36-47)65-55-28-18-41(59(7,8)9)32-51(55)52-33-42(60(10,11)12)19-29-56(52)65/h14-36H,1-12H3. The molecule has 0 radical (unpaired) electrons. The lowest BCUT2D eigenvalue weighted by Gasteiger charge is -2.27. The fourth-order valence-electron chi connectivity index (χ4n) is 9.24. The molecule has 7 aromatic carbocycles. The minimum Gasteiger partial charge on any atom is -0.310 e. The number of anilines is 3. The van der Waals surface area contributed by atoms with E-state index in [2.05, 4.69) is 199 Å². The number of rotatable bonds is 5. The molecule has 0 spiro atoms. The molecule has 0 bridgehead atoms. The van der Waals surface area contributed by atoms with E-state index in [4.69, 9.17) is 6.57 Å². The SMILES string of the molecule is [C-]#[N+]c1ccc(N(c2ccc(C#N)cc2)c2cc(-n3c4ccc(C(C)(C)C)cc4c4cc(C(C)(C)C)ccc43)cc(-n3c4ccc(C(C)(C)C)cc4c4cc(C(C)(C)C)ccc43)c2)cc1. The largest absolute Gasteiger partial charge is 0.310 e. The Morgan fingerprint density at radius 2 is 0.738 bits per heavy atom. The monoisotopic (exact) mass is 849 g/mol. The molecule has 0 aliphatic carbocycles. The molecule has 2 heterocycles. The van der Waals surface area contributed by atoms with Crippen LogP contribution in [0.15, 0.2) is 140 Å². The first-order valence-corrected chi connectivity index (χ1v) is 22.8. The molecule has 0 saturated heterocycles. The average Bonchev–Trinajstić information content (AvgIpc) is 3.77. The molecule has 324 valence electrons. The van der Waals surface area contributed by atoms with E-state index in [1.165, 1.54) is 43.8 Å². The molecule has 0 fully saturated rings. The van der Waals surface area contributed by atoms with Crippen LogP contribution in [0.5, 0.6) is 0 Å². The molecule has 9 aromatic rings. The summed E-state index contributed by atoms with van der Waals surface area (Å²) in [5.41, 5.74) is 15.6. The van der Waals surface area contributed by atoms with Crippen LogP contribution in [-0.2, 0) is 21.7 Å². The van der Waals surface area contributed by atoms with Crippen molar-refractivity contribution in [3.63, 3.8) is 0 Å². The fraction of sp³-hybridized carbons (Fsp3) is 0.267.